The Morgan fingerprint density at radius 3 is 2.62 bits per heavy atom. The number of halogens is 1. The summed E-state index contributed by atoms with van der Waals surface area (Å²) in [5.74, 6) is 0.172. The Morgan fingerprint density at radius 1 is 1.33 bits per heavy atom. The average Bonchev–Trinajstić information content (AvgIpc) is 2.62. The van der Waals surface area contributed by atoms with Crippen LogP contribution in [0.25, 0.3) is 5.57 Å². The van der Waals surface area contributed by atoms with Crippen molar-refractivity contribution in [2.24, 2.45) is 5.73 Å². The Morgan fingerprint density at radius 2 is 2.08 bits per heavy atom. The summed E-state index contributed by atoms with van der Waals surface area (Å²) in [6.45, 7) is 3.74. The monoisotopic (exact) mass is 341 g/mol. The fourth-order valence-electron chi connectivity index (χ4n) is 2.88. The molecule has 124 valence electrons. The van der Waals surface area contributed by atoms with Crippen LogP contribution in [0.15, 0.2) is 42.6 Å². The Labute approximate surface area is 146 Å². The molecule has 0 atom stereocenters. The standard InChI is InChI=1S/C19H20ClN3O/c1-2-13-3-5-14(6-4-13)15-7-9-23(10-8-15)19-17(20)11-16(12-22-19)18(21)24/h3-7,11-12H,2,8-10H2,1H3,(H2,21,24). The third-order valence-electron chi connectivity index (χ3n) is 4.35. The van der Waals surface area contributed by atoms with Gasteiger partial charge in [-0.3, -0.25) is 4.79 Å². The minimum Gasteiger partial charge on any atom is -0.366 e. The molecule has 1 aliphatic rings. The maximum atomic E-state index is 11.2. The van der Waals surface area contributed by atoms with Crippen LogP contribution in [0.5, 0.6) is 0 Å². The van der Waals surface area contributed by atoms with Crippen molar-refractivity contribution >= 4 is 28.9 Å². The highest BCUT2D eigenvalue weighted by molar-refractivity contribution is 6.33. The van der Waals surface area contributed by atoms with E-state index < -0.39 is 5.91 Å². The number of benzene rings is 1. The molecule has 5 heteroatoms. The van der Waals surface area contributed by atoms with E-state index in [-0.39, 0.29) is 0 Å². The lowest BCUT2D eigenvalue weighted by molar-refractivity contribution is 0.1000. The Kier molecular flexibility index (Phi) is 4.86. The van der Waals surface area contributed by atoms with Gasteiger partial charge in [0.15, 0.2) is 0 Å². The summed E-state index contributed by atoms with van der Waals surface area (Å²) in [5.41, 5.74) is 9.55. The lowest BCUT2D eigenvalue weighted by atomic mass is 9.98. The van der Waals surface area contributed by atoms with E-state index >= 15 is 0 Å². The van der Waals surface area contributed by atoms with Crippen molar-refractivity contribution in [3.63, 3.8) is 0 Å². The summed E-state index contributed by atoms with van der Waals surface area (Å²) in [4.78, 5) is 17.6. The molecule has 1 amide bonds. The Bertz CT molecular complexity index is 784. The predicted molar refractivity (Wildman–Crippen MR) is 98.4 cm³/mol. The van der Waals surface area contributed by atoms with E-state index in [1.807, 2.05) is 0 Å². The summed E-state index contributed by atoms with van der Waals surface area (Å²) in [6, 6.07) is 10.3. The topological polar surface area (TPSA) is 59.2 Å². The van der Waals surface area contributed by atoms with E-state index in [1.54, 1.807) is 6.07 Å². The maximum Gasteiger partial charge on any atom is 0.250 e. The molecule has 0 saturated carbocycles. The predicted octanol–water partition coefficient (Wildman–Crippen LogP) is 3.69. The maximum absolute atomic E-state index is 11.2. The van der Waals surface area contributed by atoms with Crippen molar-refractivity contribution in [3.05, 3.63) is 64.3 Å². The minimum atomic E-state index is -0.521. The normalized spacial score (nSPS) is 14.4. The fourth-order valence-corrected chi connectivity index (χ4v) is 3.16. The first-order valence-electron chi connectivity index (χ1n) is 8.07. The van der Waals surface area contributed by atoms with Gasteiger partial charge in [0, 0.05) is 19.3 Å². The molecule has 2 heterocycles. The molecule has 4 nitrogen and oxygen atoms in total. The highest BCUT2D eigenvalue weighted by Gasteiger charge is 2.17. The third kappa shape index (κ3) is 3.44. The molecule has 0 radical (unpaired) electrons. The van der Waals surface area contributed by atoms with Crippen molar-refractivity contribution in [2.75, 3.05) is 18.0 Å². The van der Waals surface area contributed by atoms with Crippen LogP contribution < -0.4 is 10.6 Å². The third-order valence-corrected chi connectivity index (χ3v) is 4.63. The van der Waals surface area contributed by atoms with Gasteiger partial charge in [0.05, 0.1) is 10.6 Å². The SMILES string of the molecule is CCc1ccc(C2=CCN(c3ncc(C(N)=O)cc3Cl)CC2)cc1. The van der Waals surface area contributed by atoms with Crippen LogP contribution >= 0.6 is 11.6 Å². The van der Waals surface area contributed by atoms with Crippen molar-refractivity contribution in [3.8, 4) is 0 Å². The number of aryl methyl sites for hydroxylation is 1. The fraction of sp³-hybridized carbons (Fsp3) is 0.263. The first-order chi connectivity index (χ1) is 11.6. The molecule has 2 aromatic rings. The number of nitrogens with two attached hydrogens (primary N) is 1. The second-order valence-electron chi connectivity index (χ2n) is 5.87. The van der Waals surface area contributed by atoms with E-state index in [4.69, 9.17) is 17.3 Å². The number of primary amides is 1. The van der Waals surface area contributed by atoms with E-state index in [1.165, 1.54) is 22.9 Å². The molecule has 0 bridgehead atoms. The molecule has 0 saturated heterocycles. The van der Waals surface area contributed by atoms with Crippen molar-refractivity contribution in [2.45, 2.75) is 19.8 Å². The summed E-state index contributed by atoms with van der Waals surface area (Å²) in [5, 5.41) is 0.454. The molecular weight excluding hydrogens is 322 g/mol. The van der Waals surface area contributed by atoms with E-state index in [9.17, 15) is 4.79 Å². The van der Waals surface area contributed by atoms with Gasteiger partial charge in [-0.05, 0) is 35.6 Å². The molecule has 0 fully saturated rings. The number of hydrogen-bond donors (Lipinski definition) is 1. The van der Waals surface area contributed by atoms with Crippen LogP contribution in [-0.2, 0) is 6.42 Å². The number of nitrogens with zero attached hydrogens (tertiary/aromatic N) is 2. The van der Waals surface area contributed by atoms with Crippen LogP contribution in [0, 0.1) is 0 Å². The minimum absolute atomic E-state index is 0.327. The molecule has 3 rings (SSSR count). The van der Waals surface area contributed by atoms with Crippen LogP contribution in [-0.4, -0.2) is 24.0 Å². The molecule has 1 aromatic carbocycles. The molecular formula is C19H20ClN3O. The van der Waals surface area contributed by atoms with Gasteiger partial charge in [-0.2, -0.15) is 0 Å². The second kappa shape index (κ2) is 7.05. The molecule has 0 aliphatic carbocycles. The number of amides is 1. The largest absolute Gasteiger partial charge is 0.366 e. The van der Waals surface area contributed by atoms with Gasteiger partial charge in [0.25, 0.3) is 0 Å². The zero-order valence-corrected chi connectivity index (χ0v) is 14.4. The average molecular weight is 342 g/mol. The lowest BCUT2D eigenvalue weighted by Crippen LogP contribution is -2.29. The summed E-state index contributed by atoms with van der Waals surface area (Å²) >= 11 is 6.26. The first-order valence-corrected chi connectivity index (χ1v) is 8.45. The summed E-state index contributed by atoms with van der Waals surface area (Å²) in [7, 11) is 0. The van der Waals surface area contributed by atoms with E-state index in [2.05, 4.69) is 47.1 Å². The molecule has 1 aliphatic heterocycles. The van der Waals surface area contributed by atoms with Crippen molar-refractivity contribution < 1.29 is 4.79 Å². The highest BCUT2D eigenvalue weighted by atomic mass is 35.5. The quantitative estimate of drug-likeness (QED) is 0.922. The molecule has 2 N–H and O–H groups in total. The number of pyridine rings is 1. The Balaban J connectivity index is 1.76. The van der Waals surface area contributed by atoms with Crippen molar-refractivity contribution in [1.29, 1.82) is 0 Å². The van der Waals surface area contributed by atoms with E-state index in [0.29, 0.717) is 16.4 Å². The lowest BCUT2D eigenvalue weighted by Gasteiger charge is -2.28. The van der Waals surface area contributed by atoms with Gasteiger partial charge in [0.1, 0.15) is 5.82 Å². The number of carbonyl (C=O) groups is 1. The van der Waals surface area contributed by atoms with Gasteiger partial charge < -0.3 is 10.6 Å². The van der Waals surface area contributed by atoms with Crippen LogP contribution in [0.1, 0.15) is 34.8 Å². The van der Waals surface area contributed by atoms with Gasteiger partial charge >= 0.3 is 0 Å². The van der Waals surface area contributed by atoms with Crippen LogP contribution in [0.2, 0.25) is 5.02 Å². The summed E-state index contributed by atoms with van der Waals surface area (Å²) < 4.78 is 0. The smallest absolute Gasteiger partial charge is 0.250 e. The molecule has 0 unspecified atom stereocenters. The number of hydrogen-bond acceptors (Lipinski definition) is 3. The van der Waals surface area contributed by atoms with Crippen molar-refractivity contribution in [1.82, 2.24) is 4.98 Å². The van der Waals surface area contributed by atoms with Gasteiger partial charge in [-0.15, -0.1) is 0 Å². The number of rotatable bonds is 4. The molecule has 0 spiro atoms. The van der Waals surface area contributed by atoms with Gasteiger partial charge in [-0.1, -0.05) is 48.9 Å². The van der Waals surface area contributed by atoms with E-state index in [0.717, 1.165) is 25.9 Å². The molecule has 24 heavy (non-hydrogen) atoms. The van der Waals surface area contributed by atoms with Gasteiger partial charge in [-0.25, -0.2) is 4.98 Å². The molecule has 1 aromatic heterocycles. The van der Waals surface area contributed by atoms with Crippen LogP contribution in [0.4, 0.5) is 5.82 Å². The second-order valence-corrected chi connectivity index (χ2v) is 6.28. The summed E-state index contributed by atoms with van der Waals surface area (Å²) in [6.07, 6.45) is 5.68. The number of aromatic nitrogens is 1. The highest BCUT2D eigenvalue weighted by Crippen LogP contribution is 2.29. The number of anilines is 1. The number of carbonyl (C=O) groups excluding carboxylic acids is 1. The first kappa shape index (κ1) is 16.5. The Hall–Kier alpha value is -2.33. The zero-order valence-electron chi connectivity index (χ0n) is 13.6. The van der Waals surface area contributed by atoms with Crippen LogP contribution in [0.3, 0.4) is 0 Å². The zero-order chi connectivity index (χ0) is 17.1. The van der Waals surface area contributed by atoms with Gasteiger partial charge in [0.2, 0.25) is 5.91 Å².